The second kappa shape index (κ2) is 4.63. The minimum absolute atomic E-state index is 0.448. The van der Waals surface area contributed by atoms with Crippen LogP contribution in [0.15, 0.2) is 47.1 Å². The SMILES string of the molecule is Cc1cccc(-c2nc(C=O)c3c(Br)cccn23)c1. The van der Waals surface area contributed by atoms with Gasteiger partial charge >= 0.3 is 0 Å². The monoisotopic (exact) mass is 314 g/mol. The van der Waals surface area contributed by atoms with E-state index in [0.29, 0.717) is 5.69 Å². The zero-order valence-electron chi connectivity index (χ0n) is 10.3. The van der Waals surface area contributed by atoms with Crippen molar-refractivity contribution in [3.05, 3.63) is 58.3 Å². The molecule has 0 spiro atoms. The summed E-state index contributed by atoms with van der Waals surface area (Å²) in [6, 6.07) is 11.9. The molecule has 3 rings (SSSR count). The van der Waals surface area contributed by atoms with Crippen molar-refractivity contribution in [1.82, 2.24) is 9.38 Å². The summed E-state index contributed by atoms with van der Waals surface area (Å²) in [4.78, 5) is 15.6. The van der Waals surface area contributed by atoms with E-state index in [-0.39, 0.29) is 0 Å². The molecule has 0 aliphatic rings. The molecule has 0 fully saturated rings. The second-order valence-corrected chi connectivity index (χ2v) is 5.24. The highest BCUT2D eigenvalue weighted by Gasteiger charge is 2.14. The predicted octanol–water partition coefficient (Wildman–Crippen LogP) is 3.88. The summed E-state index contributed by atoms with van der Waals surface area (Å²) in [5.41, 5.74) is 3.41. The van der Waals surface area contributed by atoms with Crippen molar-refractivity contribution in [2.24, 2.45) is 0 Å². The molecule has 0 aliphatic heterocycles. The Morgan fingerprint density at radius 3 is 2.84 bits per heavy atom. The van der Waals surface area contributed by atoms with Gasteiger partial charge in [0.05, 0.1) is 5.52 Å². The van der Waals surface area contributed by atoms with Crippen LogP contribution in [-0.4, -0.2) is 15.7 Å². The van der Waals surface area contributed by atoms with E-state index < -0.39 is 0 Å². The minimum Gasteiger partial charge on any atom is -0.298 e. The molecule has 2 heterocycles. The molecule has 0 saturated heterocycles. The average molecular weight is 315 g/mol. The Hall–Kier alpha value is -1.94. The number of fused-ring (bicyclic) bond motifs is 1. The van der Waals surface area contributed by atoms with Crippen molar-refractivity contribution < 1.29 is 4.79 Å². The third-order valence-electron chi connectivity index (χ3n) is 3.03. The van der Waals surface area contributed by atoms with Crippen molar-refractivity contribution in [3.63, 3.8) is 0 Å². The van der Waals surface area contributed by atoms with Crippen LogP contribution in [0, 0.1) is 6.92 Å². The van der Waals surface area contributed by atoms with Crippen molar-refractivity contribution in [2.75, 3.05) is 0 Å². The standard InChI is InChI=1S/C15H11BrN2O/c1-10-4-2-5-11(8-10)15-17-13(9-19)14-12(16)6-3-7-18(14)15/h2-9H,1H3. The first kappa shape index (κ1) is 12.1. The van der Waals surface area contributed by atoms with Crippen LogP contribution in [0.25, 0.3) is 16.9 Å². The van der Waals surface area contributed by atoms with Crippen LogP contribution in [0.4, 0.5) is 0 Å². The lowest BCUT2D eigenvalue weighted by molar-refractivity contribution is 0.112. The van der Waals surface area contributed by atoms with Gasteiger partial charge in [-0.3, -0.25) is 9.20 Å². The molecular weight excluding hydrogens is 304 g/mol. The molecule has 0 N–H and O–H groups in total. The predicted molar refractivity (Wildman–Crippen MR) is 78.5 cm³/mol. The van der Waals surface area contributed by atoms with Gasteiger partial charge in [-0.05, 0) is 41.1 Å². The molecule has 0 unspecified atom stereocenters. The summed E-state index contributed by atoms with van der Waals surface area (Å²) in [5.74, 6) is 0.780. The Kier molecular flexibility index (Phi) is 2.95. The van der Waals surface area contributed by atoms with Crippen molar-refractivity contribution in [2.45, 2.75) is 6.92 Å². The number of hydrogen-bond donors (Lipinski definition) is 0. The second-order valence-electron chi connectivity index (χ2n) is 4.38. The largest absolute Gasteiger partial charge is 0.298 e. The first-order valence-electron chi connectivity index (χ1n) is 5.89. The van der Waals surface area contributed by atoms with Crippen LogP contribution < -0.4 is 0 Å². The normalized spacial score (nSPS) is 10.8. The molecule has 3 aromatic rings. The lowest BCUT2D eigenvalue weighted by atomic mass is 10.1. The molecule has 0 amide bonds. The lowest BCUT2D eigenvalue weighted by Crippen LogP contribution is -1.89. The molecule has 0 saturated carbocycles. The third kappa shape index (κ3) is 1.98. The van der Waals surface area contributed by atoms with Crippen molar-refractivity contribution >= 4 is 27.7 Å². The third-order valence-corrected chi connectivity index (χ3v) is 3.67. The van der Waals surface area contributed by atoms with Crippen LogP contribution in [-0.2, 0) is 0 Å². The summed E-state index contributed by atoms with van der Waals surface area (Å²) in [5, 5.41) is 0. The van der Waals surface area contributed by atoms with Gasteiger partial charge < -0.3 is 0 Å². The maximum absolute atomic E-state index is 11.2. The van der Waals surface area contributed by atoms with Crippen LogP contribution in [0.2, 0.25) is 0 Å². The summed E-state index contributed by atoms with van der Waals surface area (Å²) in [6.07, 6.45) is 2.71. The Morgan fingerprint density at radius 2 is 2.11 bits per heavy atom. The molecular formula is C15H11BrN2O. The first-order chi connectivity index (χ1) is 9.20. The number of benzene rings is 1. The number of pyridine rings is 1. The molecule has 94 valence electrons. The van der Waals surface area contributed by atoms with Gasteiger partial charge in [0.2, 0.25) is 0 Å². The van der Waals surface area contributed by atoms with E-state index >= 15 is 0 Å². The van der Waals surface area contributed by atoms with Gasteiger partial charge in [0.25, 0.3) is 0 Å². The Labute approximate surface area is 119 Å². The van der Waals surface area contributed by atoms with Crippen molar-refractivity contribution in [3.8, 4) is 11.4 Å². The van der Waals surface area contributed by atoms with Gasteiger partial charge in [0.1, 0.15) is 11.5 Å². The molecule has 0 bridgehead atoms. The van der Waals surface area contributed by atoms with E-state index in [1.165, 1.54) is 0 Å². The van der Waals surface area contributed by atoms with Gasteiger partial charge in [0.15, 0.2) is 6.29 Å². The highest BCUT2D eigenvalue weighted by molar-refractivity contribution is 9.10. The fraction of sp³-hybridized carbons (Fsp3) is 0.0667. The number of imidazole rings is 1. The summed E-state index contributed by atoms with van der Waals surface area (Å²) in [6.45, 7) is 2.04. The summed E-state index contributed by atoms with van der Waals surface area (Å²) in [7, 11) is 0. The smallest absolute Gasteiger partial charge is 0.170 e. The topological polar surface area (TPSA) is 34.4 Å². The number of aromatic nitrogens is 2. The zero-order valence-corrected chi connectivity index (χ0v) is 11.9. The Bertz CT molecular complexity index is 777. The molecule has 0 radical (unpaired) electrons. The lowest BCUT2D eigenvalue weighted by Gasteiger charge is -2.03. The van der Waals surface area contributed by atoms with E-state index in [0.717, 1.165) is 33.2 Å². The quantitative estimate of drug-likeness (QED) is 0.673. The van der Waals surface area contributed by atoms with E-state index in [4.69, 9.17) is 0 Å². The summed E-state index contributed by atoms with van der Waals surface area (Å²) >= 11 is 3.47. The molecule has 2 aromatic heterocycles. The van der Waals surface area contributed by atoms with E-state index in [2.05, 4.69) is 27.0 Å². The molecule has 0 aliphatic carbocycles. The molecule has 0 atom stereocenters. The minimum atomic E-state index is 0.448. The average Bonchev–Trinajstić information content (AvgIpc) is 2.79. The van der Waals surface area contributed by atoms with Gasteiger partial charge in [-0.15, -0.1) is 0 Å². The fourth-order valence-electron chi connectivity index (χ4n) is 2.20. The molecule has 19 heavy (non-hydrogen) atoms. The number of hydrogen-bond acceptors (Lipinski definition) is 2. The van der Waals surface area contributed by atoms with Crippen LogP contribution in [0.5, 0.6) is 0 Å². The molecule has 1 aromatic carbocycles. The van der Waals surface area contributed by atoms with Gasteiger partial charge in [-0.25, -0.2) is 4.98 Å². The summed E-state index contributed by atoms with van der Waals surface area (Å²) < 4.78 is 2.80. The Morgan fingerprint density at radius 1 is 1.26 bits per heavy atom. The number of aryl methyl sites for hydroxylation is 1. The van der Waals surface area contributed by atoms with Crippen LogP contribution in [0.1, 0.15) is 16.1 Å². The van der Waals surface area contributed by atoms with Crippen LogP contribution >= 0.6 is 15.9 Å². The maximum atomic E-state index is 11.2. The Balaban J connectivity index is 2.36. The van der Waals surface area contributed by atoms with E-state index in [9.17, 15) is 4.79 Å². The number of nitrogens with zero attached hydrogens (tertiary/aromatic N) is 2. The van der Waals surface area contributed by atoms with E-state index in [1.54, 1.807) is 0 Å². The zero-order chi connectivity index (χ0) is 13.4. The number of rotatable bonds is 2. The number of halogens is 1. The van der Waals surface area contributed by atoms with Crippen LogP contribution in [0.3, 0.4) is 0 Å². The number of aldehydes is 1. The first-order valence-corrected chi connectivity index (χ1v) is 6.69. The maximum Gasteiger partial charge on any atom is 0.170 e. The highest BCUT2D eigenvalue weighted by atomic mass is 79.9. The number of carbonyl (C=O) groups is 1. The number of carbonyl (C=O) groups excluding carboxylic acids is 1. The van der Waals surface area contributed by atoms with E-state index in [1.807, 2.05) is 47.9 Å². The fourth-order valence-corrected chi connectivity index (χ4v) is 2.74. The molecule has 4 heteroatoms. The molecule has 3 nitrogen and oxygen atoms in total. The van der Waals surface area contributed by atoms with Crippen molar-refractivity contribution in [1.29, 1.82) is 0 Å². The highest BCUT2D eigenvalue weighted by Crippen LogP contribution is 2.27. The van der Waals surface area contributed by atoms with Gasteiger partial charge in [-0.2, -0.15) is 0 Å². The van der Waals surface area contributed by atoms with Gasteiger partial charge in [0, 0.05) is 16.2 Å². The van der Waals surface area contributed by atoms with Gasteiger partial charge in [-0.1, -0.05) is 23.8 Å².